The molecule has 2 aromatic heterocycles. The van der Waals surface area contributed by atoms with Crippen molar-refractivity contribution < 1.29 is 13.2 Å². The van der Waals surface area contributed by atoms with Gasteiger partial charge >= 0.3 is 0 Å². The zero-order chi connectivity index (χ0) is 22.2. The van der Waals surface area contributed by atoms with Crippen LogP contribution >= 0.6 is 0 Å². The number of para-hydroxylation sites is 1. The molecule has 0 fully saturated rings. The lowest BCUT2D eigenvalue weighted by atomic mass is 10.1. The summed E-state index contributed by atoms with van der Waals surface area (Å²) in [5, 5.41) is 2.85. The molecule has 8 nitrogen and oxygen atoms in total. The van der Waals surface area contributed by atoms with Crippen LogP contribution in [0.3, 0.4) is 0 Å². The van der Waals surface area contributed by atoms with E-state index < -0.39 is 15.9 Å². The van der Waals surface area contributed by atoms with E-state index in [1.807, 2.05) is 0 Å². The smallest absolute Gasteiger partial charge is 0.276 e. The summed E-state index contributed by atoms with van der Waals surface area (Å²) in [4.78, 5) is 21.8. The van der Waals surface area contributed by atoms with Gasteiger partial charge in [-0.1, -0.05) is 26.0 Å². The lowest BCUT2D eigenvalue weighted by molar-refractivity contribution is 0.102. The van der Waals surface area contributed by atoms with Crippen molar-refractivity contribution in [3.8, 4) is 5.69 Å². The Balaban J connectivity index is 1.79. The molecule has 0 radical (unpaired) electrons. The number of imidazole rings is 1. The molecule has 9 heteroatoms. The predicted octanol–water partition coefficient (Wildman–Crippen LogP) is 3.38. The van der Waals surface area contributed by atoms with Crippen LogP contribution in [0.1, 0.15) is 42.1 Å². The molecule has 31 heavy (non-hydrogen) atoms. The first-order valence-electron chi connectivity index (χ1n) is 10.2. The molecule has 0 unspecified atom stereocenters. The van der Waals surface area contributed by atoms with Gasteiger partial charge in [0.25, 0.3) is 5.91 Å². The first-order chi connectivity index (χ1) is 14.8. The number of nitrogens with zero attached hydrogens (tertiary/aromatic N) is 4. The summed E-state index contributed by atoms with van der Waals surface area (Å²) < 4.78 is 30.0. The third-order valence-corrected chi connectivity index (χ3v) is 7.25. The SMILES string of the molecule is Cc1ncccc1NC(=O)c1ncn2c1CN(CCC(C)C)S(=O)(=O)c1ccccc1-2. The quantitative estimate of drug-likeness (QED) is 0.657. The van der Waals surface area contributed by atoms with Gasteiger partial charge in [-0.2, -0.15) is 4.31 Å². The average molecular weight is 440 g/mol. The Kier molecular flexibility index (Phi) is 5.63. The number of pyridine rings is 1. The zero-order valence-electron chi connectivity index (χ0n) is 17.7. The largest absolute Gasteiger partial charge is 0.319 e. The average Bonchev–Trinajstić information content (AvgIpc) is 3.12. The van der Waals surface area contributed by atoms with Crippen LogP contribution in [0.5, 0.6) is 0 Å². The monoisotopic (exact) mass is 439 g/mol. The molecule has 0 bridgehead atoms. The molecule has 3 heterocycles. The van der Waals surface area contributed by atoms with Crippen molar-refractivity contribution >= 4 is 21.6 Å². The first-order valence-corrected chi connectivity index (χ1v) is 11.6. The van der Waals surface area contributed by atoms with Crippen LogP contribution in [0.25, 0.3) is 5.69 Å². The van der Waals surface area contributed by atoms with Crippen molar-refractivity contribution in [2.45, 2.75) is 38.6 Å². The minimum absolute atomic E-state index is 0.0680. The third kappa shape index (κ3) is 3.98. The van der Waals surface area contributed by atoms with Crippen molar-refractivity contribution in [2.24, 2.45) is 5.92 Å². The van der Waals surface area contributed by atoms with E-state index in [1.165, 1.54) is 10.6 Å². The number of aryl methyl sites for hydroxylation is 1. The molecular weight excluding hydrogens is 414 g/mol. The maximum absolute atomic E-state index is 13.4. The van der Waals surface area contributed by atoms with Crippen LogP contribution in [0, 0.1) is 12.8 Å². The van der Waals surface area contributed by atoms with Gasteiger partial charge < -0.3 is 5.32 Å². The van der Waals surface area contributed by atoms with E-state index in [2.05, 4.69) is 29.1 Å². The molecule has 0 aliphatic carbocycles. The van der Waals surface area contributed by atoms with Crippen molar-refractivity contribution in [3.63, 3.8) is 0 Å². The normalized spacial score (nSPS) is 15.2. The number of carbonyl (C=O) groups is 1. The van der Waals surface area contributed by atoms with Gasteiger partial charge in [-0.3, -0.25) is 14.3 Å². The molecule has 0 spiro atoms. The summed E-state index contributed by atoms with van der Waals surface area (Å²) >= 11 is 0. The highest BCUT2D eigenvalue weighted by Gasteiger charge is 2.34. The van der Waals surface area contributed by atoms with Gasteiger partial charge in [-0.25, -0.2) is 13.4 Å². The summed E-state index contributed by atoms with van der Waals surface area (Å²) in [5.74, 6) is -0.0552. The Hall–Kier alpha value is -3.04. The number of fused-ring (bicyclic) bond motifs is 3. The number of hydrogen-bond acceptors (Lipinski definition) is 5. The number of aromatic nitrogens is 3. The van der Waals surface area contributed by atoms with Gasteiger partial charge in [-0.05, 0) is 43.5 Å². The number of benzene rings is 1. The van der Waals surface area contributed by atoms with Crippen LogP contribution in [-0.2, 0) is 16.6 Å². The van der Waals surface area contributed by atoms with E-state index in [4.69, 9.17) is 0 Å². The second-order valence-corrected chi connectivity index (χ2v) is 9.90. The van der Waals surface area contributed by atoms with E-state index in [0.29, 0.717) is 41.6 Å². The van der Waals surface area contributed by atoms with Crippen LogP contribution in [0.2, 0.25) is 0 Å². The number of sulfonamides is 1. The molecular formula is C22H25N5O3S. The summed E-state index contributed by atoms with van der Waals surface area (Å²) in [5.41, 5.74) is 2.51. The highest BCUT2D eigenvalue weighted by molar-refractivity contribution is 7.89. The number of rotatable bonds is 5. The standard InChI is InChI=1S/C22H25N5O3S/c1-15(2)10-12-26-13-19-21(22(28)25-17-7-6-11-23-16(17)3)24-14-27(19)18-8-4-5-9-20(18)31(26,29)30/h4-9,11,14-15H,10,12-13H2,1-3H3,(H,25,28). The molecule has 0 saturated carbocycles. The van der Waals surface area contributed by atoms with E-state index >= 15 is 0 Å². The van der Waals surface area contributed by atoms with Crippen LogP contribution in [0.15, 0.2) is 53.8 Å². The van der Waals surface area contributed by atoms with Crippen molar-refractivity contribution in [2.75, 3.05) is 11.9 Å². The molecule has 1 aliphatic rings. The lowest BCUT2D eigenvalue weighted by Crippen LogP contribution is -2.32. The van der Waals surface area contributed by atoms with Gasteiger partial charge in [0.1, 0.15) is 11.2 Å². The molecule has 3 aromatic rings. The number of hydrogen-bond donors (Lipinski definition) is 1. The molecule has 1 aliphatic heterocycles. The number of nitrogens with one attached hydrogen (secondary N) is 1. The Morgan fingerprint density at radius 2 is 1.94 bits per heavy atom. The van der Waals surface area contributed by atoms with Gasteiger partial charge in [-0.15, -0.1) is 0 Å². The van der Waals surface area contributed by atoms with E-state index in [0.717, 1.165) is 0 Å². The summed E-state index contributed by atoms with van der Waals surface area (Å²) in [7, 11) is -3.72. The van der Waals surface area contributed by atoms with Crippen LogP contribution < -0.4 is 5.32 Å². The summed E-state index contributed by atoms with van der Waals surface area (Å²) in [6, 6.07) is 10.3. The van der Waals surface area contributed by atoms with Crippen LogP contribution in [-0.4, -0.2) is 39.7 Å². The predicted molar refractivity (Wildman–Crippen MR) is 118 cm³/mol. The topological polar surface area (TPSA) is 97.2 Å². The maximum atomic E-state index is 13.4. The van der Waals surface area contributed by atoms with Crippen molar-refractivity contribution in [3.05, 3.63) is 66.0 Å². The molecule has 1 N–H and O–H groups in total. The van der Waals surface area contributed by atoms with Gasteiger partial charge in [0.15, 0.2) is 5.69 Å². The fourth-order valence-corrected chi connectivity index (χ4v) is 5.18. The molecule has 1 amide bonds. The van der Waals surface area contributed by atoms with Gasteiger partial charge in [0.2, 0.25) is 10.0 Å². The van der Waals surface area contributed by atoms with E-state index in [9.17, 15) is 13.2 Å². The minimum atomic E-state index is -3.72. The molecule has 1 aromatic carbocycles. The fourth-order valence-electron chi connectivity index (χ4n) is 3.59. The fraction of sp³-hybridized carbons (Fsp3) is 0.318. The highest BCUT2D eigenvalue weighted by Crippen LogP contribution is 2.32. The van der Waals surface area contributed by atoms with Crippen molar-refractivity contribution in [1.29, 1.82) is 0 Å². The summed E-state index contributed by atoms with van der Waals surface area (Å²) in [6.07, 6.45) is 3.88. The highest BCUT2D eigenvalue weighted by atomic mass is 32.2. The molecule has 0 atom stereocenters. The number of amides is 1. The first kappa shape index (κ1) is 21.2. The van der Waals surface area contributed by atoms with Gasteiger partial charge in [0, 0.05) is 12.7 Å². The second kappa shape index (κ2) is 8.24. The van der Waals surface area contributed by atoms with E-state index in [-0.39, 0.29) is 17.1 Å². The Morgan fingerprint density at radius 1 is 1.16 bits per heavy atom. The second-order valence-electron chi connectivity index (χ2n) is 7.99. The van der Waals surface area contributed by atoms with Crippen molar-refractivity contribution in [1.82, 2.24) is 18.8 Å². The molecule has 162 valence electrons. The summed E-state index contributed by atoms with van der Waals surface area (Å²) in [6.45, 7) is 6.34. The number of carbonyl (C=O) groups excluding carboxylic acids is 1. The van der Waals surface area contributed by atoms with E-state index in [1.54, 1.807) is 54.1 Å². The third-order valence-electron chi connectivity index (χ3n) is 5.36. The Morgan fingerprint density at radius 3 is 2.68 bits per heavy atom. The minimum Gasteiger partial charge on any atom is -0.319 e. The molecule has 0 saturated heterocycles. The Bertz CT molecular complexity index is 1230. The van der Waals surface area contributed by atoms with Crippen LogP contribution in [0.4, 0.5) is 5.69 Å². The lowest BCUT2D eigenvalue weighted by Gasteiger charge is -2.21. The maximum Gasteiger partial charge on any atom is 0.276 e. The zero-order valence-corrected chi connectivity index (χ0v) is 18.6. The molecule has 4 rings (SSSR count). The van der Waals surface area contributed by atoms with Gasteiger partial charge in [0.05, 0.1) is 29.3 Å². The number of anilines is 1. The Labute approximate surface area is 182 Å².